The summed E-state index contributed by atoms with van der Waals surface area (Å²) in [5.74, 6) is 0.516. The molecule has 6 nitrogen and oxygen atoms in total. The number of ether oxygens (including phenoxy) is 1. The molecular weight excluding hydrogens is 352 g/mol. The molecule has 0 atom stereocenters. The van der Waals surface area contributed by atoms with Gasteiger partial charge in [0.1, 0.15) is 12.4 Å². The van der Waals surface area contributed by atoms with Crippen LogP contribution < -0.4 is 14.4 Å². The van der Waals surface area contributed by atoms with E-state index in [1.165, 1.54) is 6.92 Å². The highest BCUT2D eigenvalue weighted by atomic mass is 32.2. The molecular formula is C19H22N2O4S. The minimum Gasteiger partial charge on any atom is -0.490 e. The first-order valence-corrected chi connectivity index (χ1v) is 10.2. The molecule has 1 aliphatic rings. The lowest BCUT2D eigenvalue weighted by molar-refractivity contribution is -0.116. The molecule has 1 N–H and O–H groups in total. The van der Waals surface area contributed by atoms with E-state index in [1.807, 2.05) is 30.3 Å². The number of hydrogen-bond donors (Lipinski definition) is 1. The third-order valence-corrected chi connectivity index (χ3v) is 5.57. The van der Waals surface area contributed by atoms with E-state index in [9.17, 15) is 13.2 Å². The quantitative estimate of drug-likeness (QED) is 0.844. The summed E-state index contributed by atoms with van der Waals surface area (Å²) in [4.78, 5) is 13.4. The molecule has 0 bridgehead atoms. The molecule has 0 unspecified atom stereocenters. The van der Waals surface area contributed by atoms with Gasteiger partial charge >= 0.3 is 0 Å². The Kier molecular flexibility index (Phi) is 5.46. The lowest BCUT2D eigenvalue weighted by Crippen LogP contribution is -2.36. The van der Waals surface area contributed by atoms with E-state index in [0.29, 0.717) is 43.1 Å². The van der Waals surface area contributed by atoms with Crippen LogP contribution in [0.4, 0.5) is 11.4 Å². The number of rotatable bonds is 6. The predicted molar refractivity (Wildman–Crippen MR) is 102 cm³/mol. The zero-order valence-corrected chi connectivity index (χ0v) is 15.5. The first-order valence-electron chi connectivity index (χ1n) is 8.54. The van der Waals surface area contributed by atoms with Gasteiger partial charge in [-0.15, -0.1) is 0 Å². The van der Waals surface area contributed by atoms with Gasteiger partial charge in [0.25, 0.3) is 0 Å². The molecule has 1 heterocycles. The minimum atomic E-state index is -3.46. The Bertz CT molecular complexity index is 882. The van der Waals surface area contributed by atoms with Crippen molar-refractivity contribution in [3.63, 3.8) is 0 Å². The van der Waals surface area contributed by atoms with Gasteiger partial charge in [0, 0.05) is 6.92 Å². The van der Waals surface area contributed by atoms with E-state index < -0.39 is 10.0 Å². The van der Waals surface area contributed by atoms with Crippen molar-refractivity contribution in [2.75, 3.05) is 28.5 Å². The van der Waals surface area contributed by atoms with Crippen molar-refractivity contribution in [2.24, 2.45) is 0 Å². The first-order chi connectivity index (χ1) is 12.4. The lowest BCUT2D eigenvalue weighted by atomic mass is 10.1. The van der Waals surface area contributed by atoms with Crippen LogP contribution >= 0.6 is 0 Å². The molecule has 138 valence electrons. The van der Waals surface area contributed by atoms with Gasteiger partial charge in [-0.25, -0.2) is 8.42 Å². The van der Waals surface area contributed by atoms with E-state index in [4.69, 9.17) is 4.74 Å². The number of anilines is 2. The lowest BCUT2D eigenvalue weighted by Gasteiger charge is -2.29. The average Bonchev–Trinajstić information content (AvgIpc) is 2.61. The summed E-state index contributed by atoms with van der Waals surface area (Å²) in [6.07, 6.45) is 1.24. The van der Waals surface area contributed by atoms with Crippen LogP contribution in [0.3, 0.4) is 0 Å². The predicted octanol–water partition coefficient (Wildman–Crippen LogP) is 2.81. The molecule has 1 amide bonds. The van der Waals surface area contributed by atoms with Crippen LogP contribution in [-0.4, -0.2) is 33.2 Å². The third kappa shape index (κ3) is 4.54. The molecule has 0 saturated carbocycles. The number of fused-ring (bicyclic) bond motifs is 1. The highest BCUT2D eigenvalue weighted by molar-refractivity contribution is 7.92. The topological polar surface area (TPSA) is 75.7 Å². The Balaban J connectivity index is 1.66. The first kappa shape index (κ1) is 18.3. The number of benzene rings is 2. The second-order valence-electron chi connectivity index (χ2n) is 6.21. The van der Waals surface area contributed by atoms with Crippen LogP contribution in [0.1, 0.15) is 18.9 Å². The second kappa shape index (κ2) is 7.78. The van der Waals surface area contributed by atoms with Gasteiger partial charge in [-0.1, -0.05) is 30.3 Å². The number of carbonyl (C=O) groups is 1. The molecule has 0 fully saturated rings. The van der Waals surface area contributed by atoms with Gasteiger partial charge in [0.05, 0.1) is 23.7 Å². The number of hydrogen-bond acceptors (Lipinski definition) is 4. The Morgan fingerprint density at radius 3 is 2.69 bits per heavy atom. The van der Waals surface area contributed by atoms with Crippen LogP contribution in [0.15, 0.2) is 48.5 Å². The fourth-order valence-electron chi connectivity index (χ4n) is 2.95. The van der Waals surface area contributed by atoms with Gasteiger partial charge in [-0.2, -0.15) is 0 Å². The van der Waals surface area contributed by atoms with Crippen LogP contribution in [0, 0.1) is 0 Å². The SMILES string of the molecule is CC(=O)N1CCOc2ccc(NS(=O)(=O)CCCc3ccccc3)cc21. The molecule has 2 aromatic carbocycles. The highest BCUT2D eigenvalue weighted by Crippen LogP contribution is 2.34. The summed E-state index contributed by atoms with van der Waals surface area (Å²) in [5, 5.41) is 0. The molecule has 0 spiro atoms. The summed E-state index contributed by atoms with van der Waals surface area (Å²) in [5.41, 5.74) is 2.14. The molecule has 0 aromatic heterocycles. The van der Waals surface area contributed by atoms with Crippen molar-refractivity contribution in [3.05, 3.63) is 54.1 Å². The van der Waals surface area contributed by atoms with Crippen molar-refractivity contribution in [1.82, 2.24) is 0 Å². The van der Waals surface area contributed by atoms with Crippen molar-refractivity contribution in [3.8, 4) is 5.75 Å². The van der Waals surface area contributed by atoms with Crippen molar-refractivity contribution < 1.29 is 17.9 Å². The average molecular weight is 374 g/mol. The summed E-state index contributed by atoms with van der Waals surface area (Å²) in [7, 11) is -3.46. The number of aryl methyl sites for hydroxylation is 1. The van der Waals surface area contributed by atoms with Crippen molar-refractivity contribution in [1.29, 1.82) is 0 Å². The molecule has 7 heteroatoms. The maximum atomic E-state index is 12.4. The van der Waals surface area contributed by atoms with E-state index >= 15 is 0 Å². The number of nitrogens with one attached hydrogen (secondary N) is 1. The Labute approximate surface area is 153 Å². The molecule has 0 saturated heterocycles. The van der Waals surface area contributed by atoms with Crippen molar-refractivity contribution in [2.45, 2.75) is 19.8 Å². The standard InChI is InChI=1S/C19H22N2O4S/c1-15(22)21-11-12-25-19-10-9-17(14-18(19)21)20-26(23,24)13-5-8-16-6-3-2-4-7-16/h2-4,6-7,9-10,14,20H,5,8,11-13H2,1H3. The van der Waals surface area contributed by atoms with E-state index in [1.54, 1.807) is 23.1 Å². The summed E-state index contributed by atoms with van der Waals surface area (Å²) < 4.78 is 32.8. The summed E-state index contributed by atoms with van der Waals surface area (Å²) >= 11 is 0. The number of sulfonamides is 1. The van der Waals surface area contributed by atoms with Crippen LogP contribution in [-0.2, 0) is 21.2 Å². The molecule has 2 aromatic rings. The van der Waals surface area contributed by atoms with E-state index in [-0.39, 0.29) is 11.7 Å². The van der Waals surface area contributed by atoms with E-state index in [2.05, 4.69) is 4.72 Å². The van der Waals surface area contributed by atoms with Gasteiger partial charge in [-0.05, 0) is 36.6 Å². The largest absolute Gasteiger partial charge is 0.490 e. The fraction of sp³-hybridized carbons (Fsp3) is 0.316. The maximum Gasteiger partial charge on any atom is 0.232 e. The van der Waals surface area contributed by atoms with Gasteiger partial charge in [-0.3, -0.25) is 9.52 Å². The van der Waals surface area contributed by atoms with Crippen molar-refractivity contribution >= 4 is 27.3 Å². The van der Waals surface area contributed by atoms with E-state index in [0.717, 1.165) is 5.56 Å². The molecule has 26 heavy (non-hydrogen) atoms. The second-order valence-corrected chi connectivity index (χ2v) is 8.05. The van der Waals surface area contributed by atoms with Crippen LogP contribution in [0.25, 0.3) is 0 Å². The Hall–Kier alpha value is -2.54. The smallest absolute Gasteiger partial charge is 0.232 e. The summed E-state index contributed by atoms with van der Waals surface area (Å²) in [6.45, 7) is 2.36. The minimum absolute atomic E-state index is 0.0336. The van der Waals surface area contributed by atoms with Gasteiger partial charge in [0.2, 0.25) is 15.9 Å². The number of nitrogens with zero attached hydrogens (tertiary/aromatic N) is 1. The number of carbonyl (C=O) groups excluding carboxylic acids is 1. The van der Waals surface area contributed by atoms with Crippen LogP contribution in [0.5, 0.6) is 5.75 Å². The maximum absolute atomic E-state index is 12.4. The number of amides is 1. The van der Waals surface area contributed by atoms with Gasteiger partial charge < -0.3 is 9.64 Å². The molecule has 1 aliphatic heterocycles. The zero-order valence-electron chi connectivity index (χ0n) is 14.6. The Morgan fingerprint density at radius 2 is 1.96 bits per heavy atom. The fourth-order valence-corrected chi connectivity index (χ4v) is 4.06. The highest BCUT2D eigenvalue weighted by Gasteiger charge is 2.22. The zero-order chi connectivity index (χ0) is 18.6. The molecule has 3 rings (SSSR count). The third-order valence-electron chi connectivity index (χ3n) is 4.20. The van der Waals surface area contributed by atoms with Gasteiger partial charge in [0.15, 0.2) is 0 Å². The molecule has 0 radical (unpaired) electrons. The summed E-state index contributed by atoms with van der Waals surface area (Å²) in [6, 6.07) is 14.8. The molecule has 0 aliphatic carbocycles. The monoisotopic (exact) mass is 374 g/mol. The Morgan fingerprint density at radius 1 is 1.19 bits per heavy atom. The normalized spacial score (nSPS) is 13.7. The van der Waals surface area contributed by atoms with Crippen LogP contribution in [0.2, 0.25) is 0 Å².